The Bertz CT molecular complexity index is 551. The van der Waals surface area contributed by atoms with Gasteiger partial charge in [-0.25, -0.2) is 4.79 Å². The third kappa shape index (κ3) is 4.98. The number of carbonyl (C=O) groups is 2. The van der Waals surface area contributed by atoms with Crippen molar-refractivity contribution in [3.63, 3.8) is 0 Å². The Morgan fingerprint density at radius 3 is 2.48 bits per heavy atom. The summed E-state index contributed by atoms with van der Waals surface area (Å²) in [6.07, 6.45) is 1.34. The number of amides is 2. The highest BCUT2D eigenvalue weighted by Gasteiger charge is 2.32. The number of urea groups is 1. The summed E-state index contributed by atoms with van der Waals surface area (Å²) in [7, 11) is 0. The molecule has 0 saturated carbocycles. The predicted octanol–water partition coefficient (Wildman–Crippen LogP) is 3.28. The van der Waals surface area contributed by atoms with Crippen LogP contribution in [-0.4, -0.2) is 35.1 Å². The molecule has 1 saturated heterocycles. The van der Waals surface area contributed by atoms with Gasteiger partial charge < -0.3 is 15.3 Å². The quantitative estimate of drug-likeness (QED) is 0.895. The van der Waals surface area contributed by atoms with Crippen LogP contribution in [-0.2, 0) is 4.79 Å². The van der Waals surface area contributed by atoms with Gasteiger partial charge in [0.05, 0.1) is 12.0 Å². The number of benzene rings is 1. The van der Waals surface area contributed by atoms with Gasteiger partial charge in [-0.1, -0.05) is 51.1 Å². The number of carboxylic acids is 1. The van der Waals surface area contributed by atoms with E-state index in [9.17, 15) is 9.59 Å². The van der Waals surface area contributed by atoms with Crippen LogP contribution in [0.5, 0.6) is 0 Å². The fourth-order valence-electron chi connectivity index (χ4n) is 2.94. The van der Waals surface area contributed by atoms with E-state index in [-0.39, 0.29) is 24.0 Å². The molecular weight excluding hydrogens is 292 g/mol. The van der Waals surface area contributed by atoms with Gasteiger partial charge in [0.25, 0.3) is 0 Å². The lowest BCUT2D eigenvalue weighted by atomic mass is 9.85. The molecule has 2 rings (SSSR count). The van der Waals surface area contributed by atoms with Gasteiger partial charge in [-0.3, -0.25) is 4.79 Å². The van der Waals surface area contributed by atoms with Crippen molar-refractivity contribution in [2.45, 2.75) is 39.7 Å². The summed E-state index contributed by atoms with van der Waals surface area (Å²) in [5.41, 5.74) is 1.15. The average Bonchev–Trinajstić information content (AvgIpc) is 2.96. The molecule has 1 aliphatic heterocycles. The number of aliphatic carboxylic acids is 1. The summed E-state index contributed by atoms with van der Waals surface area (Å²) in [6, 6.07) is 9.67. The minimum absolute atomic E-state index is 0.0718. The van der Waals surface area contributed by atoms with Crippen LogP contribution in [0.1, 0.15) is 45.2 Å². The first kappa shape index (κ1) is 17.3. The van der Waals surface area contributed by atoms with Crippen molar-refractivity contribution >= 4 is 12.0 Å². The fourth-order valence-corrected chi connectivity index (χ4v) is 2.94. The van der Waals surface area contributed by atoms with Gasteiger partial charge in [0.2, 0.25) is 0 Å². The van der Waals surface area contributed by atoms with Crippen molar-refractivity contribution < 1.29 is 14.7 Å². The SMILES string of the molecule is CC(C)(C)CC(NC(=O)N1CCC(C(=O)O)C1)c1ccccc1. The molecule has 2 N–H and O–H groups in total. The zero-order valence-electron chi connectivity index (χ0n) is 14.1. The van der Waals surface area contributed by atoms with E-state index in [2.05, 4.69) is 26.1 Å². The minimum atomic E-state index is -0.824. The Hall–Kier alpha value is -2.04. The number of carboxylic acid groups (broad SMARTS) is 1. The average molecular weight is 318 g/mol. The van der Waals surface area contributed by atoms with Crippen LogP contribution in [0.3, 0.4) is 0 Å². The molecule has 126 valence electrons. The molecule has 0 radical (unpaired) electrons. The second-order valence-electron chi connectivity index (χ2n) is 7.45. The first-order valence-electron chi connectivity index (χ1n) is 8.09. The van der Waals surface area contributed by atoms with E-state index in [1.165, 1.54) is 0 Å². The van der Waals surface area contributed by atoms with Gasteiger partial charge in [-0.2, -0.15) is 0 Å². The maximum absolute atomic E-state index is 12.5. The molecule has 2 atom stereocenters. The van der Waals surface area contributed by atoms with Gasteiger partial charge >= 0.3 is 12.0 Å². The molecular formula is C18H26N2O3. The summed E-state index contributed by atoms with van der Waals surface area (Å²) in [5.74, 6) is -1.27. The number of hydrogen-bond donors (Lipinski definition) is 2. The summed E-state index contributed by atoms with van der Waals surface area (Å²) in [6.45, 7) is 7.22. The first-order valence-corrected chi connectivity index (χ1v) is 8.09. The highest BCUT2D eigenvalue weighted by Crippen LogP contribution is 2.30. The Morgan fingerprint density at radius 2 is 1.96 bits per heavy atom. The lowest BCUT2D eigenvalue weighted by molar-refractivity contribution is -0.141. The van der Waals surface area contributed by atoms with Crippen molar-refractivity contribution in [1.82, 2.24) is 10.2 Å². The summed E-state index contributed by atoms with van der Waals surface area (Å²) >= 11 is 0. The van der Waals surface area contributed by atoms with Crippen LogP contribution >= 0.6 is 0 Å². The summed E-state index contributed by atoms with van der Waals surface area (Å²) in [5, 5.41) is 12.2. The Morgan fingerprint density at radius 1 is 1.30 bits per heavy atom. The molecule has 2 unspecified atom stereocenters. The smallest absolute Gasteiger partial charge is 0.317 e. The zero-order chi connectivity index (χ0) is 17.0. The predicted molar refractivity (Wildman–Crippen MR) is 89.1 cm³/mol. The zero-order valence-corrected chi connectivity index (χ0v) is 14.1. The van der Waals surface area contributed by atoms with Crippen molar-refractivity contribution in [3.05, 3.63) is 35.9 Å². The summed E-state index contributed by atoms with van der Waals surface area (Å²) < 4.78 is 0. The molecule has 0 bridgehead atoms. The third-order valence-electron chi connectivity index (χ3n) is 4.14. The van der Waals surface area contributed by atoms with Crippen molar-refractivity contribution in [1.29, 1.82) is 0 Å². The molecule has 1 aromatic carbocycles. The maximum Gasteiger partial charge on any atom is 0.317 e. The van der Waals surface area contributed by atoms with E-state index in [1.54, 1.807) is 4.90 Å². The molecule has 1 aliphatic rings. The number of hydrogen-bond acceptors (Lipinski definition) is 2. The second kappa shape index (κ2) is 7.02. The highest BCUT2D eigenvalue weighted by atomic mass is 16.4. The Kier molecular flexibility index (Phi) is 5.29. The second-order valence-corrected chi connectivity index (χ2v) is 7.45. The standard InChI is InChI=1S/C18H26N2O3/c1-18(2,3)11-15(13-7-5-4-6-8-13)19-17(23)20-10-9-14(12-20)16(21)22/h4-8,14-15H,9-12H2,1-3H3,(H,19,23)(H,21,22). The van der Waals surface area contributed by atoms with Gasteiger partial charge in [-0.05, 0) is 23.8 Å². The van der Waals surface area contributed by atoms with Gasteiger partial charge in [-0.15, -0.1) is 0 Å². The monoisotopic (exact) mass is 318 g/mol. The van der Waals surface area contributed by atoms with E-state index >= 15 is 0 Å². The normalized spacial score (nSPS) is 19.4. The maximum atomic E-state index is 12.5. The lowest BCUT2D eigenvalue weighted by Crippen LogP contribution is -2.41. The molecule has 1 fully saturated rings. The Balaban J connectivity index is 2.06. The van der Waals surface area contributed by atoms with Crippen LogP contribution in [0.15, 0.2) is 30.3 Å². The van der Waals surface area contributed by atoms with E-state index in [0.29, 0.717) is 13.0 Å². The molecule has 0 spiro atoms. The topological polar surface area (TPSA) is 69.6 Å². The lowest BCUT2D eigenvalue weighted by Gasteiger charge is -2.29. The van der Waals surface area contributed by atoms with E-state index in [4.69, 9.17) is 5.11 Å². The van der Waals surface area contributed by atoms with Crippen LogP contribution in [0.25, 0.3) is 0 Å². The van der Waals surface area contributed by atoms with Crippen LogP contribution in [0.4, 0.5) is 4.79 Å². The molecule has 2 amide bonds. The van der Waals surface area contributed by atoms with Crippen molar-refractivity contribution in [2.75, 3.05) is 13.1 Å². The van der Waals surface area contributed by atoms with Crippen LogP contribution < -0.4 is 5.32 Å². The van der Waals surface area contributed by atoms with E-state index in [1.807, 2.05) is 30.3 Å². The Labute approximate surface area is 137 Å². The number of carbonyl (C=O) groups excluding carboxylic acids is 1. The molecule has 1 aromatic rings. The van der Waals surface area contributed by atoms with Crippen LogP contribution in [0, 0.1) is 11.3 Å². The van der Waals surface area contributed by atoms with Crippen LogP contribution in [0.2, 0.25) is 0 Å². The van der Waals surface area contributed by atoms with E-state index in [0.717, 1.165) is 12.0 Å². The minimum Gasteiger partial charge on any atom is -0.481 e. The number of rotatable bonds is 4. The van der Waals surface area contributed by atoms with Gasteiger partial charge in [0, 0.05) is 13.1 Å². The van der Waals surface area contributed by atoms with Crippen molar-refractivity contribution in [3.8, 4) is 0 Å². The fraction of sp³-hybridized carbons (Fsp3) is 0.556. The first-order chi connectivity index (χ1) is 10.8. The highest BCUT2D eigenvalue weighted by molar-refractivity contribution is 5.77. The number of nitrogens with zero attached hydrogens (tertiary/aromatic N) is 1. The third-order valence-corrected chi connectivity index (χ3v) is 4.14. The number of nitrogens with one attached hydrogen (secondary N) is 1. The number of likely N-dealkylation sites (tertiary alicyclic amines) is 1. The molecule has 23 heavy (non-hydrogen) atoms. The molecule has 5 heteroatoms. The van der Waals surface area contributed by atoms with Gasteiger partial charge in [0.1, 0.15) is 0 Å². The molecule has 5 nitrogen and oxygen atoms in total. The molecule has 1 heterocycles. The summed E-state index contributed by atoms with van der Waals surface area (Å²) in [4.78, 5) is 25.2. The molecule has 0 aliphatic carbocycles. The molecule has 0 aromatic heterocycles. The largest absolute Gasteiger partial charge is 0.481 e. The van der Waals surface area contributed by atoms with Gasteiger partial charge in [0.15, 0.2) is 0 Å². The van der Waals surface area contributed by atoms with E-state index < -0.39 is 11.9 Å². The van der Waals surface area contributed by atoms with Crippen molar-refractivity contribution in [2.24, 2.45) is 11.3 Å².